The lowest BCUT2D eigenvalue weighted by Gasteiger charge is -2.21. The third-order valence-electron chi connectivity index (χ3n) is 6.12. The molecule has 0 spiro atoms. The number of furan rings is 1. The zero-order valence-corrected chi connectivity index (χ0v) is 17.6. The SMILES string of the molecule is CCOC(=O)c1oc2ccccc2c1COC(=O)[C@H](C)N1C(=O)[C@H]2CCCC[C@H]2C1=O. The number of hydrogen-bond donors (Lipinski definition) is 0. The van der Waals surface area contributed by atoms with Crippen LogP contribution in [0.2, 0.25) is 0 Å². The van der Waals surface area contributed by atoms with Crippen LogP contribution in [0, 0.1) is 11.8 Å². The van der Waals surface area contributed by atoms with Gasteiger partial charge in [0, 0.05) is 5.39 Å². The van der Waals surface area contributed by atoms with Gasteiger partial charge in [-0.1, -0.05) is 31.0 Å². The molecule has 1 saturated heterocycles. The van der Waals surface area contributed by atoms with E-state index in [1.54, 1.807) is 31.2 Å². The lowest BCUT2D eigenvalue weighted by atomic mass is 9.81. The van der Waals surface area contributed by atoms with Crippen LogP contribution in [0.4, 0.5) is 0 Å². The first-order valence-corrected chi connectivity index (χ1v) is 10.6. The highest BCUT2D eigenvalue weighted by Crippen LogP contribution is 2.39. The maximum atomic E-state index is 12.7. The van der Waals surface area contributed by atoms with Crippen LogP contribution in [0.25, 0.3) is 11.0 Å². The van der Waals surface area contributed by atoms with Gasteiger partial charge in [-0.25, -0.2) is 9.59 Å². The van der Waals surface area contributed by atoms with E-state index in [-0.39, 0.29) is 42.6 Å². The van der Waals surface area contributed by atoms with Gasteiger partial charge in [0.2, 0.25) is 17.6 Å². The Morgan fingerprint density at radius 3 is 2.39 bits per heavy atom. The summed E-state index contributed by atoms with van der Waals surface area (Å²) in [4.78, 5) is 51.6. The van der Waals surface area contributed by atoms with Crippen LogP contribution in [0.3, 0.4) is 0 Å². The van der Waals surface area contributed by atoms with Crippen molar-refractivity contribution in [2.45, 2.75) is 52.2 Å². The molecule has 1 aliphatic heterocycles. The molecule has 0 unspecified atom stereocenters. The average Bonchev–Trinajstić information content (AvgIpc) is 3.27. The van der Waals surface area contributed by atoms with E-state index in [1.807, 2.05) is 0 Å². The maximum Gasteiger partial charge on any atom is 0.374 e. The number of esters is 2. The third-order valence-corrected chi connectivity index (χ3v) is 6.12. The van der Waals surface area contributed by atoms with E-state index in [0.29, 0.717) is 29.4 Å². The number of imide groups is 1. The van der Waals surface area contributed by atoms with Gasteiger partial charge in [-0.3, -0.25) is 14.5 Å². The minimum atomic E-state index is -1.03. The smallest absolute Gasteiger partial charge is 0.374 e. The molecule has 0 N–H and O–H groups in total. The number of fused-ring (bicyclic) bond motifs is 2. The standard InChI is InChI=1S/C23H25NO7/c1-3-29-23(28)19-17(14-8-6-7-11-18(14)31-19)12-30-22(27)13(2)24-20(25)15-9-4-5-10-16(15)21(24)26/h6-8,11,13,15-16H,3-5,9-10,12H2,1-2H3/t13-,15-,16+/m0/s1. The summed E-state index contributed by atoms with van der Waals surface area (Å²) in [6.45, 7) is 3.11. The molecule has 0 radical (unpaired) electrons. The van der Waals surface area contributed by atoms with E-state index in [4.69, 9.17) is 13.9 Å². The summed E-state index contributed by atoms with van der Waals surface area (Å²) in [7, 11) is 0. The zero-order valence-electron chi connectivity index (χ0n) is 17.6. The van der Waals surface area contributed by atoms with Crippen LogP contribution in [0.5, 0.6) is 0 Å². The largest absolute Gasteiger partial charge is 0.460 e. The van der Waals surface area contributed by atoms with Crippen LogP contribution in [0.1, 0.15) is 55.6 Å². The second-order valence-corrected chi connectivity index (χ2v) is 7.95. The van der Waals surface area contributed by atoms with Crippen molar-refractivity contribution in [2.24, 2.45) is 11.8 Å². The molecule has 8 heteroatoms. The molecule has 1 aromatic heterocycles. The summed E-state index contributed by atoms with van der Waals surface area (Å²) in [6.07, 6.45) is 3.18. The highest BCUT2D eigenvalue weighted by molar-refractivity contribution is 6.07. The molecule has 1 saturated carbocycles. The lowest BCUT2D eigenvalue weighted by molar-refractivity contribution is -0.159. The average molecular weight is 427 g/mol. The fourth-order valence-electron chi connectivity index (χ4n) is 4.54. The first-order chi connectivity index (χ1) is 14.9. The number of rotatable bonds is 6. The van der Waals surface area contributed by atoms with Gasteiger partial charge in [0.1, 0.15) is 18.2 Å². The summed E-state index contributed by atoms with van der Waals surface area (Å²) in [6, 6.07) is 5.98. The third kappa shape index (κ3) is 3.71. The Labute approximate surface area is 179 Å². The second-order valence-electron chi connectivity index (χ2n) is 7.95. The Morgan fingerprint density at radius 1 is 1.10 bits per heavy atom. The van der Waals surface area contributed by atoms with E-state index >= 15 is 0 Å². The van der Waals surface area contributed by atoms with E-state index < -0.39 is 18.0 Å². The molecule has 2 aromatic rings. The Kier molecular flexibility index (Phi) is 5.80. The molecule has 2 aliphatic rings. The topological polar surface area (TPSA) is 103 Å². The van der Waals surface area contributed by atoms with Gasteiger partial charge < -0.3 is 13.9 Å². The number of hydrogen-bond acceptors (Lipinski definition) is 7. The fraction of sp³-hybridized carbons (Fsp3) is 0.478. The number of amides is 2. The minimum absolute atomic E-state index is 0.0251. The first-order valence-electron chi connectivity index (χ1n) is 10.6. The monoisotopic (exact) mass is 427 g/mol. The summed E-state index contributed by atoms with van der Waals surface area (Å²) < 4.78 is 16.1. The first kappa shape index (κ1) is 21.1. The van der Waals surface area contributed by atoms with E-state index in [9.17, 15) is 19.2 Å². The molecule has 2 fully saturated rings. The van der Waals surface area contributed by atoms with E-state index in [0.717, 1.165) is 17.7 Å². The lowest BCUT2D eigenvalue weighted by Crippen LogP contribution is -2.44. The summed E-state index contributed by atoms with van der Waals surface area (Å²) in [5, 5.41) is 0.630. The molecular weight excluding hydrogens is 402 g/mol. The Bertz CT molecular complexity index is 1020. The molecule has 1 aliphatic carbocycles. The summed E-state index contributed by atoms with van der Waals surface area (Å²) in [5.74, 6) is -2.62. The van der Waals surface area contributed by atoms with Gasteiger partial charge in [0.25, 0.3) is 0 Å². The molecule has 0 bridgehead atoms. The second kappa shape index (κ2) is 8.53. The molecule has 2 amide bonds. The zero-order chi connectivity index (χ0) is 22.1. The highest BCUT2D eigenvalue weighted by Gasteiger charge is 2.51. The van der Waals surface area contributed by atoms with Crippen molar-refractivity contribution < 1.29 is 33.1 Å². The number of ether oxygens (including phenoxy) is 2. The number of likely N-dealkylation sites (tertiary alicyclic amines) is 1. The number of carbonyl (C=O) groups excluding carboxylic acids is 4. The van der Waals surface area contributed by atoms with Gasteiger partial charge in [-0.05, 0) is 32.8 Å². The highest BCUT2D eigenvalue weighted by atomic mass is 16.5. The fourth-order valence-corrected chi connectivity index (χ4v) is 4.54. The van der Waals surface area contributed by atoms with Crippen LogP contribution in [0.15, 0.2) is 28.7 Å². The predicted octanol–water partition coefficient (Wildman–Crippen LogP) is 3.22. The maximum absolute atomic E-state index is 12.7. The van der Waals surface area contributed by atoms with E-state index in [2.05, 4.69) is 0 Å². The predicted molar refractivity (Wildman–Crippen MR) is 109 cm³/mol. The molecule has 164 valence electrons. The molecule has 1 aromatic carbocycles. The Balaban J connectivity index is 1.52. The molecule has 3 atom stereocenters. The van der Waals surface area contributed by atoms with Crippen molar-refractivity contribution >= 4 is 34.7 Å². The molecule has 4 rings (SSSR count). The number of nitrogens with zero attached hydrogens (tertiary/aromatic N) is 1. The quantitative estimate of drug-likeness (QED) is 0.515. The van der Waals surface area contributed by atoms with Crippen LogP contribution in [-0.4, -0.2) is 41.3 Å². The van der Waals surface area contributed by atoms with Gasteiger partial charge in [-0.15, -0.1) is 0 Å². The van der Waals surface area contributed by atoms with Crippen molar-refractivity contribution in [3.63, 3.8) is 0 Å². The number of carbonyl (C=O) groups is 4. The van der Waals surface area contributed by atoms with Crippen molar-refractivity contribution in [3.05, 3.63) is 35.6 Å². The van der Waals surface area contributed by atoms with Crippen molar-refractivity contribution in [3.8, 4) is 0 Å². The molecular formula is C23H25NO7. The van der Waals surface area contributed by atoms with E-state index in [1.165, 1.54) is 6.92 Å². The van der Waals surface area contributed by atoms with Crippen LogP contribution >= 0.6 is 0 Å². The summed E-state index contributed by atoms with van der Waals surface area (Å²) in [5.41, 5.74) is 0.862. The van der Waals surface area contributed by atoms with Gasteiger partial charge in [0.05, 0.1) is 24.0 Å². The van der Waals surface area contributed by atoms with Gasteiger partial charge >= 0.3 is 11.9 Å². The Morgan fingerprint density at radius 2 is 1.74 bits per heavy atom. The number of benzene rings is 1. The van der Waals surface area contributed by atoms with Crippen molar-refractivity contribution in [2.75, 3.05) is 6.61 Å². The minimum Gasteiger partial charge on any atom is -0.460 e. The van der Waals surface area contributed by atoms with Gasteiger partial charge in [0.15, 0.2) is 0 Å². The molecule has 31 heavy (non-hydrogen) atoms. The molecule has 8 nitrogen and oxygen atoms in total. The molecule has 2 heterocycles. The Hall–Kier alpha value is -3.16. The van der Waals surface area contributed by atoms with Crippen molar-refractivity contribution in [1.29, 1.82) is 0 Å². The van der Waals surface area contributed by atoms with Crippen LogP contribution < -0.4 is 0 Å². The van der Waals surface area contributed by atoms with Crippen molar-refractivity contribution in [1.82, 2.24) is 4.90 Å². The summed E-state index contributed by atoms with van der Waals surface area (Å²) >= 11 is 0. The normalized spacial score (nSPS) is 21.8. The van der Waals surface area contributed by atoms with Crippen LogP contribution in [-0.2, 0) is 30.5 Å². The van der Waals surface area contributed by atoms with Gasteiger partial charge in [-0.2, -0.15) is 0 Å². The number of para-hydroxylation sites is 1.